The Morgan fingerprint density at radius 2 is 2.36 bits per heavy atom. The zero-order valence-corrected chi connectivity index (χ0v) is 8.47. The molecular weight excluding hydrogens is 201 g/mol. The Morgan fingerprint density at radius 1 is 1.50 bits per heavy atom. The van der Waals surface area contributed by atoms with Gasteiger partial charge < -0.3 is 0 Å². The molecule has 1 unspecified atom stereocenters. The van der Waals surface area contributed by atoms with Crippen molar-refractivity contribution in [3.05, 3.63) is 35.9 Å². The lowest BCUT2D eigenvalue weighted by molar-refractivity contribution is 0.614. The van der Waals surface area contributed by atoms with Crippen molar-refractivity contribution < 1.29 is 4.39 Å². The first kappa shape index (κ1) is 9.66. The molecule has 1 aromatic rings. The van der Waals surface area contributed by atoms with Crippen molar-refractivity contribution in [3.8, 4) is 0 Å². The van der Waals surface area contributed by atoms with Gasteiger partial charge >= 0.3 is 0 Å². The quantitative estimate of drug-likeness (QED) is 0.649. The van der Waals surface area contributed by atoms with Gasteiger partial charge in [0.05, 0.1) is 11.6 Å². The van der Waals surface area contributed by atoms with Crippen LogP contribution in [-0.2, 0) is 0 Å². The van der Waals surface area contributed by atoms with Crippen LogP contribution in [0.3, 0.4) is 0 Å². The predicted octanol–water partition coefficient (Wildman–Crippen LogP) is 3.40. The van der Waals surface area contributed by atoms with Crippen LogP contribution in [0.15, 0.2) is 24.5 Å². The molecule has 1 aliphatic carbocycles. The highest BCUT2D eigenvalue weighted by Crippen LogP contribution is 2.29. The average molecular weight is 212 g/mol. The largest absolute Gasteiger partial charge is 0.262 e. The molecule has 1 heterocycles. The van der Waals surface area contributed by atoms with E-state index in [1.807, 2.05) is 6.08 Å². The zero-order chi connectivity index (χ0) is 9.97. The van der Waals surface area contributed by atoms with Gasteiger partial charge in [-0.15, -0.1) is 11.6 Å². The van der Waals surface area contributed by atoms with Gasteiger partial charge in [-0.05, 0) is 30.9 Å². The number of aromatic nitrogens is 1. The topological polar surface area (TPSA) is 12.9 Å². The van der Waals surface area contributed by atoms with Gasteiger partial charge in [0.1, 0.15) is 5.82 Å². The third-order valence-corrected chi connectivity index (χ3v) is 2.77. The zero-order valence-electron chi connectivity index (χ0n) is 7.71. The number of halogens is 2. The minimum Gasteiger partial charge on any atom is -0.262 e. The molecule has 0 fully saturated rings. The van der Waals surface area contributed by atoms with E-state index in [4.69, 9.17) is 11.6 Å². The molecule has 0 N–H and O–H groups in total. The fraction of sp³-hybridized carbons (Fsp3) is 0.364. The summed E-state index contributed by atoms with van der Waals surface area (Å²) < 4.78 is 13.4. The van der Waals surface area contributed by atoms with Gasteiger partial charge in [0.15, 0.2) is 0 Å². The molecule has 0 spiro atoms. The van der Waals surface area contributed by atoms with Crippen LogP contribution in [0, 0.1) is 5.82 Å². The van der Waals surface area contributed by atoms with Gasteiger partial charge in [-0.3, -0.25) is 4.98 Å². The van der Waals surface area contributed by atoms with Gasteiger partial charge in [-0.2, -0.15) is 0 Å². The Morgan fingerprint density at radius 3 is 3.07 bits per heavy atom. The molecular formula is C11H11ClFN. The van der Waals surface area contributed by atoms with E-state index >= 15 is 0 Å². The molecule has 1 atom stereocenters. The molecule has 1 nitrogen and oxygen atoms in total. The van der Waals surface area contributed by atoms with E-state index in [-0.39, 0.29) is 11.2 Å². The van der Waals surface area contributed by atoms with Crippen molar-refractivity contribution in [1.29, 1.82) is 0 Å². The molecule has 0 radical (unpaired) electrons. The number of rotatable bonds is 1. The molecule has 1 aromatic heterocycles. The first-order valence-corrected chi connectivity index (χ1v) is 5.15. The normalized spacial score (nSPS) is 21.9. The van der Waals surface area contributed by atoms with Crippen LogP contribution in [0.2, 0.25) is 0 Å². The minimum absolute atomic E-state index is 0.0475. The van der Waals surface area contributed by atoms with Crippen LogP contribution in [0.4, 0.5) is 4.39 Å². The lowest BCUT2D eigenvalue weighted by Crippen LogP contribution is -2.04. The maximum atomic E-state index is 13.4. The van der Waals surface area contributed by atoms with E-state index in [2.05, 4.69) is 4.98 Å². The van der Waals surface area contributed by atoms with Gasteiger partial charge in [-0.25, -0.2) is 4.39 Å². The van der Waals surface area contributed by atoms with Crippen LogP contribution in [0.25, 0.3) is 5.57 Å². The molecule has 0 amide bonds. The molecule has 0 saturated heterocycles. The van der Waals surface area contributed by atoms with Crippen molar-refractivity contribution in [2.24, 2.45) is 0 Å². The van der Waals surface area contributed by atoms with E-state index in [0.29, 0.717) is 5.56 Å². The predicted molar refractivity (Wildman–Crippen MR) is 55.7 cm³/mol. The van der Waals surface area contributed by atoms with E-state index in [9.17, 15) is 4.39 Å². The van der Waals surface area contributed by atoms with E-state index < -0.39 is 0 Å². The van der Waals surface area contributed by atoms with Crippen molar-refractivity contribution in [2.45, 2.75) is 24.6 Å². The minimum atomic E-state index is -0.260. The van der Waals surface area contributed by atoms with Crippen LogP contribution >= 0.6 is 11.6 Å². The third kappa shape index (κ3) is 1.95. The van der Waals surface area contributed by atoms with Crippen LogP contribution in [0.1, 0.15) is 24.8 Å². The van der Waals surface area contributed by atoms with Gasteiger partial charge in [0.2, 0.25) is 0 Å². The summed E-state index contributed by atoms with van der Waals surface area (Å²) in [5.74, 6) is -0.260. The highest BCUT2D eigenvalue weighted by molar-refractivity contribution is 6.22. The molecule has 0 aromatic carbocycles. The van der Waals surface area contributed by atoms with Gasteiger partial charge in [-0.1, -0.05) is 6.08 Å². The first-order valence-electron chi connectivity index (χ1n) is 4.72. The molecule has 14 heavy (non-hydrogen) atoms. The second-order valence-electron chi connectivity index (χ2n) is 3.46. The third-order valence-electron chi connectivity index (χ3n) is 2.43. The maximum Gasteiger partial charge on any atom is 0.148 e. The van der Waals surface area contributed by atoms with E-state index in [1.54, 1.807) is 12.3 Å². The molecule has 74 valence electrons. The summed E-state index contributed by atoms with van der Waals surface area (Å²) in [6.07, 6.45) is 7.72. The lowest BCUT2D eigenvalue weighted by Gasteiger charge is -2.16. The number of nitrogens with zero attached hydrogens (tertiary/aromatic N) is 1. The van der Waals surface area contributed by atoms with Gasteiger partial charge in [0.25, 0.3) is 0 Å². The van der Waals surface area contributed by atoms with Gasteiger partial charge in [0, 0.05) is 11.8 Å². The fourth-order valence-electron chi connectivity index (χ4n) is 1.73. The number of hydrogen-bond acceptors (Lipinski definition) is 1. The Balaban J connectivity index is 2.35. The number of hydrogen-bond donors (Lipinski definition) is 0. The molecule has 2 rings (SSSR count). The Kier molecular flexibility index (Phi) is 2.82. The Labute approximate surface area is 87.6 Å². The highest BCUT2D eigenvalue weighted by atomic mass is 35.5. The average Bonchev–Trinajstić information content (AvgIpc) is 2.18. The standard InChI is InChI=1S/C11H11ClFN/c12-9-3-1-2-8(6-9)10-4-5-14-7-11(10)13/h4-7,9H,1-3H2. The molecule has 1 aliphatic rings. The second kappa shape index (κ2) is 4.09. The summed E-state index contributed by atoms with van der Waals surface area (Å²) in [6, 6.07) is 1.70. The molecule has 3 heteroatoms. The summed E-state index contributed by atoms with van der Waals surface area (Å²) in [6.45, 7) is 0. The van der Waals surface area contributed by atoms with E-state index in [1.165, 1.54) is 6.20 Å². The summed E-state index contributed by atoms with van der Waals surface area (Å²) in [5, 5.41) is 0.0475. The molecule has 0 bridgehead atoms. The van der Waals surface area contributed by atoms with Crippen molar-refractivity contribution in [2.75, 3.05) is 0 Å². The summed E-state index contributed by atoms with van der Waals surface area (Å²) in [4.78, 5) is 3.72. The van der Waals surface area contributed by atoms with E-state index in [0.717, 1.165) is 24.8 Å². The van der Waals surface area contributed by atoms with Crippen LogP contribution in [-0.4, -0.2) is 10.4 Å². The van der Waals surface area contributed by atoms with Crippen molar-refractivity contribution in [1.82, 2.24) is 4.98 Å². The lowest BCUT2D eigenvalue weighted by atomic mass is 9.94. The summed E-state index contributed by atoms with van der Waals surface area (Å²) >= 11 is 6.00. The van der Waals surface area contributed by atoms with Crippen molar-refractivity contribution >= 4 is 17.2 Å². The molecule has 0 aliphatic heterocycles. The number of allylic oxidation sites excluding steroid dienone is 2. The second-order valence-corrected chi connectivity index (χ2v) is 4.02. The number of pyridine rings is 1. The first-order chi connectivity index (χ1) is 6.77. The maximum absolute atomic E-state index is 13.4. The SMILES string of the molecule is Fc1cnccc1C1=CC(Cl)CCC1. The fourth-order valence-corrected chi connectivity index (χ4v) is 2.04. The van der Waals surface area contributed by atoms with Crippen LogP contribution in [0.5, 0.6) is 0 Å². The number of alkyl halides is 1. The Hall–Kier alpha value is -0.890. The highest BCUT2D eigenvalue weighted by Gasteiger charge is 2.14. The summed E-state index contributed by atoms with van der Waals surface area (Å²) in [7, 11) is 0. The van der Waals surface area contributed by atoms with Crippen molar-refractivity contribution in [3.63, 3.8) is 0 Å². The smallest absolute Gasteiger partial charge is 0.148 e. The Bertz CT molecular complexity index is 362. The molecule has 0 saturated carbocycles. The summed E-state index contributed by atoms with van der Waals surface area (Å²) in [5.41, 5.74) is 1.65. The monoisotopic (exact) mass is 211 g/mol. The van der Waals surface area contributed by atoms with Crippen LogP contribution < -0.4 is 0 Å².